The number of aryl methyl sites for hydroxylation is 2. The Morgan fingerprint density at radius 2 is 1.80 bits per heavy atom. The molecule has 2 aromatic carbocycles. The van der Waals surface area contributed by atoms with Crippen LogP contribution in [0.4, 0.5) is 5.69 Å². The first-order valence-corrected chi connectivity index (χ1v) is 8.25. The van der Waals surface area contributed by atoms with E-state index in [4.69, 9.17) is 20.8 Å². The number of amides is 1. The summed E-state index contributed by atoms with van der Waals surface area (Å²) in [7, 11) is 0. The van der Waals surface area contributed by atoms with Crippen molar-refractivity contribution in [2.24, 2.45) is 0 Å². The summed E-state index contributed by atoms with van der Waals surface area (Å²) in [6.45, 7) is 4.13. The van der Waals surface area contributed by atoms with Crippen molar-refractivity contribution in [3.63, 3.8) is 0 Å². The fraction of sp³-hybridized carbons (Fsp3) is 0.150. The highest BCUT2D eigenvalue weighted by Gasteiger charge is 2.14. The van der Waals surface area contributed by atoms with E-state index in [0.29, 0.717) is 16.5 Å². The van der Waals surface area contributed by atoms with Gasteiger partial charge in [0.15, 0.2) is 5.76 Å². The lowest BCUT2D eigenvalue weighted by Crippen LogP contribution is -2.13. The number of carbonyl (C=O) groups excluding carboxylic acids is 1. The smallest absolute Gasteiger partial charge is 0.291 e. The van der Waals surface area contributed by atoms with Crippen molar-refractivity contribution < 1.29 is 13.9 Å². The SMILES string of the molecule is Cc1cccc(C)c1NC(=O)c1ccc(COc2cccc(Cl)c2)o1. The van der Waals surface area contributed by atoms with E-state index in [-0.39, 0.29) is 18.3 Å². The molecule has 0 bridgehead atoms. The Balaban J connectivity index is 1.65. The van der Waals surface area contributed by atoms with Crippen molar-refractivity contribution >= 4 is 23.2 Å². The Morgan fingerprint density at radius 3 is 2.52 bits per heavy atom. The molecule has 3 rings (SSSR count). The van der Waals surface area contributed by atoms with Crippen molar-refractivity contribution in [3.8, 4) is 5.75 Å². The van der Waals surface area contributed by atoms with Crippen LogP contribution >= 0.6 is 11.6 Å². The number of anilines is 1. The van der Waals surface area contributed by atoms with E-state index in [9.17, 15) is 4.79 Å². The molecule has 0 atom stereocenters. The molecule has 1 heterocycles. The number of para-hydroxylation sites is 1. The third-order valence-corrected chi connectivity index (χ3v) is 4.02. The van der Waals surface area contributed by atoms with Gasteiger partial charge in [-0.2, -0.15) is 0 Å². The van der Waals surface area contributed by atoms with Gasteiger partial charge in [0.05, 0.1) is 0 Å². The quantitative estimate of drug-likeness (QED) is 0.668. The van der Waals surface area contributed by atoms with Crippen LogP contribution in [0, 0.1) is 13.8 Å². The molecule has 0 radical (unpaired) electrons. The molecule has 3 aromatic rings. The minimum atomic E-state index is -0.286. The first-order chi connectivity index (χ1) is 12.0. The largest absolute Gasteiger partial charge is 0.486 e. The number of rotatable bonds is 5. The molecule has 0 fully saturated rings. The molecule has 1 aromatic heterocycles. The molecule has 0 unspecified atom stereocenters. The maximum atomic E-state index is 12.4. The molecular formula is C20H18ClNO3. The Hall–Kier alpha value is -2.72. The lowest BCUT2D eigenvalue weighted by Gasteiger charge is -2.10. The monoisotopic (exact) mass is 355 g/mol. The zero-order valence-electron chi connectivity index (χ0n) is 14.0. The number of nitrogens with one attached hydrogen (secondary N) is 1. The molecule has 5 heteroatoms. The highest BCUT2D eigenvalue weighted by atomic mass is 35.5. The van der Waals surface area contributed by atoms with Gasteiger partial charge in [-0.3, -0.25) is 4.79 Å². The summed E-state index contributed by atoms with van der Waals surface area (Å²) in [4.78, 5) is 12.4. The van der Waals surface area contributed by atoms with Gasteiger partial charge < -0.3 is 14.5 Å². The number of carbonyl (C=O) groups is 1. The van der Waals surface area contributed by atoms with E-state index < -0.39 is 0 Å². The van der Waals surface area contributed by atoms with E-state index in [1.54, 1.807) is 24.3 Å². The summed E-state index contributed by atoms with van der Waals surface area (Å²) < 4.78 is 11.2. The molecule has 25 heavy (non-hydrogen) atoms. The Morgan fingerprint density at radius 1 is 1.08 bits per heavy atom. The lowest BCUT2D eigenvalue weighted by molar-refractivity contribution is 0.0992. The van der Waals surface area contributed by atoms with Crippen LogP contribution < -0.4 is 10.1 Å². The van der Waals surface area contributed by atoms with Crippen LogP contribution in [0.25, 0.3) is 0 Å². The molecule has 128 valence electrons. The second-order valence-corrected chi connectivity index (χ2v) is 6.17. The number of benzene rings is 2. The lowest BCUT2D eigenvalue weighted by atomic mass is 10.1. The molecule has 4 nitrogen and oxygen atoms in total. The predicted octanol–water partition coefficient (Wildman–Crippen LogP) is 5.38. The maximum absolute atomic E-state index is 12.4. The van der Waals surface area contributed by atoms with Crippen LogP contribution in [-0.2, 0) is 6.61 Å². The highest BCUT2D eigenvalue weighted by molar-refractivity contribution is 6.30. The van der Waals surface area contributed by atoms with Gasteiger partial charge in [-0.15, -0.1) is 0 Å². The summed E-state index contributed by atoms with van der Waals surface area (Å²) in [5, 5.41) is 3.50. The number of halogens is 1. The second kappa shape index (κ2) is 7.45. The average molecular weight is 356 g/mol. The van der Waals surface area contributed by atoms with Crippen molar-refractivity contribution in [1.29, 1.82) is 0 Å². The van der Waals surface area contributed by atoms with Crippen LogP contribution in [0.3, 0.4) is 0 Å². The van der Waals surface area contributed by atoms with Crippen LogP contribution in [-0.4, -0.2) is 5.91 Å². The fourth-order valence-electron chi connectivity index (χ4n) is 2.48. The van der Waals surface area contributed by atoms with Crippen LogP contribution in [0.2, 0.25) is 5.02 Å². The zero-order valence-corrected chi connectivity index (χ0v) is 14.8. The van der Waals surface area contributed by atoms with Crippen molar-refractivity contribution in [2.45, 2.75) is 20.5 Å². The van der Waals surface area contributed by atoms with E-state index in [1.807, 2.05) is 44.2 Å². The van der Waals surface area contributed by atoms with E-state index in [1.165, 1.54) is 0 Å². The van der Waals surface area contributed by atoms with Gasteiger partial charge in [-0.1, -0.05) is 35.9 Å². The van der Waals surface area contributed by atoms with Crippen molar-refractivity contribution in [1.82, 2.24) is 0 Å². The van der Waals surface area contributed by atoms with Crippen LogP contribution in [0.15, 0.2) is 59.0 Å². The Bertz CT molecular complexity index is 881. The Kier molecular flexibility index (Phi) is 5.10. The summed E-state index contributed by atoms with van der Waals surface area (Å²) in [5.41, 5.74) is 2.81. The van der Waals surface area contributed by atoms with Gasteiger partial charge in [-0.05, 0) is 55.3 Å². The fourth-order valence-corrected chi connectivity index (χ4v) is 2.66. The second-order valence-electron chi connectivity index (χ2n) is 5.73. The number of hydrogen-bond acceptors (Lipinski definition) is 3. The third kappa shape index (κ3) is 4.22. The highest BCUT2D eigenvalue weighted by Crippen LogP contribution is 2.22. The summed E-state index contributed by atoms with van der Waals surface area (Å²) in [6.07, 6.45) is 0. The van der Waals surface area contributed by atoms with Crippen LogP contribution in [0.1, 0.15) is 27.4 Å². The Labute approximate surface area is 151 Å². The zero-order chi connectivity index (χ0) is 17.8. The van der Waals surface area contributed by atoms with Gasteiger partial charge >= 0.3 is 0 Å². The van der Waals surface area contributed by atoms with Gasteiger partial charge in [0.1, 0.15) is 18.1 Å². The van der Waals surface area contributed by atoms with Crippen molar-refractivity contribution in [3.05, 3.63) is 82.3 Å². The predicted molar refractivity (Wildman–Crippen MR) is 98.4 cm³/mol. The molecule has 0 saturated carbocycles. The van der Waals surface area contributed by atoms with E-state index in [2.05, 4.69) is 5.32 Å². The summed E-state index contributed by atoms with van der Waals surface area (Å²) >= 11 is 5.92. The molecule has 1 amide bonds. The topological polar surface area (TPSA) is 51.5 Å². The maximum Gasteiger partial charge on any atom is 0.291 e. The molecule has 0 aliphatic heterocycles. The minimum Gasteiger partial charge on any atom is -0.486 e. The van der Waals surface area contributed by atoms with Gasteiger partial charge in [0.25, 0.3) is 5.91 Å². The van der Waals surface area contributed by atoms with Crippen LogP contribution in [0.5, 0.6) is 5.75 Å². The molecule has 0 saturated heterocycles. The molecule has 0 spiro atoms. The molecule has 0 aliphatic carbocycles. The number of hydrogen-bond donors (Lipinski definition) is 1. The molecule has 1 N–H and O–H groups in total. The first kappa shape index (κ1) is 17.1. The average Bonchev–Trinajstić information content (AvgIpc) is 3.05. The van der Waals surface area contributed by atoms with Gasteiger partial charge in [0.2, 0.25) is 0 Å². The van der Waals surface area contributed by atoms with E-state index >= 15 is 0 Å². The van der Waals surface area contributed by atoms with Crippen molar-refractivity contribution in [2.75, 3.05) is 5.32 Å². The van der Waals surface area contributed by atoms with Gasteiger partial charge in [0, 0.05) is 10.7 Å². The molecular weight excluding hydrogens is 338 g/mol. The first-order valence-electron chi connectivity index (χ1n) is 7.87. The van der Waals surface area contributed by atoms with Gasteiger partial charge in [-0.25, -0.2) is 0 Å². The summed E-state index contributed by atoms with van der Waals surface area (Å²) in [6, 6.07) is 16.3. The third-order valence-electron chi connectivity index (χ3n) is 3.78. The minimum absolute atomic E-state index is 0.219. The molecule has 0 aliphatic rings. The number of furan rings is 1. The summed E-state index contributed by atoms with van der Waals surface area (Å²) in [5.74, 6) is 1.16. The standard InChI is InChI=1S/C20H18ClNO3/c1-13-5-3-6-14(2)19(13)22-20(23)18-10-9-17(25-18)12-24-16-8-4-7-15(21)11-16/h3-11H,12H2,1-2H3,(H,22,23). The van der Waals surface area contributed by atoms with E-state index in [0.717, 1.165) is 16.8 Å². The normalized spacial score (nSPS) is 10.5. The number of ether oxygens (including phenoxy) is 1.